The van der Waals surface area contributed by atoms with Crippen LogP contribution in [0, 0.1) is 0 Å². The molecule has 2 aromatic rings. The second kappa shape index (κ2) is 6.08. The number of aromatic nitrogens is 2. The van der Waals surface area contributed by atoms with Crippen LogP contribution in [-0.4, -0.2) is 22.6 Å². The molecule has 2 heterocycles. The summed E-state index contributed by atoms with van der Waals surface area (Å²) in [6, 6.07) is 6.69. The quantitative estimate of drug-likeness (QED) is 0.941. The number of nitrogens with one attached hydrogen (secondary N) is 1. The number of halogens is 1. The highest BCUT2D eigenvalue weighted by molar-refractivity contribution is 6.33. The van der Waals surface area contributed by atoms with Gasteiger partial charge in [-0.25, -0.2) is 4.98 Å². The third kappa shape index (κ3) is 2.92. The van der Waals surface area contributed by atoms with Crippen LogP contribution in [0.1, 0.15) is 31.3 Å². The van der Waals surface area contributed by atoms with E-state index < -0.39 is 0 Å². The maximum atomic E-state index is 6.51. The molecule has 0 saturated carbocycles. The van der Waals surface area contributed by atoms with Gasteiger partial charge in [-0.1, -0.05) is 24.6 Å². The second-order valence-corrected chi connectivity index (χ2v) is 5.86. The van der Waals surface area contributed by atoms with Crippen molar-refractivity contribution in [3.63, 3.8) is 0 Å². The van der Waals surface area contributed by atoms with Gasteiger partial charge in [0.15, 0.2) is 0 Å². The van der Waals surface area contributed by atoms with E-state index in [-0.39, 0.29) is 0 Å². The number of nitrogens with zero attached hydrogens (tertiary/aromatic N) is 3. The second-order valence-electron chi connectivity index (χ2n) is 5.45. The van der Waals surface area contributed by atoms with Crippen LogP contribution in [0.3, 0.4) is 0 Å². The molecule has 1 aliphatic heterocycles. The van der Waals surface area contributed by atoms with E-state index in [0.29, 0.717) is 6.04 Å². The molecule has 4 nitrogen and oxygen atoms in total. The van der Waals surface area contributed by atoms with E-state index in [1.807, 2.05) is 12.4 Å². The molecule has 0 aliphatic carbocycles. The molecule has 1 aromatic heterocycles. The Bertz CT molecular complexity index is 622. The van der Waals surface area contributed by atoms with Gasteiger partial charge in [-0.05, 0) is 31.2 Å². The SMILES string of the molecule is CCNC(C)c1ccc(N2CCn3ccnc3C2)c(Cl)c1. The van der Waals surface area contributed by atoms with E-state index in [0.717, 1.165) is 42.7 Å². The van der Waals surface area contributed by atoms with E-state index in [9.17, 15) is 0 Å². The highest BCUT2D eigenvalue weighted by atomic mass is 35.5. The van der Waals surface area contributed by atoms with Gasteiger partial charge in [-0.15, -0.1) is 0 Å². The summed E-state index contributed by atoms with van der Waals surface area (Å²) in [4.78, 5) is 6.70. The van der Waals surface area contributed by atoms with Crippen molar-refractivity contribution < 1.29 is 0 Å². The number of hydrogen-bond donors (Lipinski definition) is 1. The van der Waals surface area contributed by atoms with Crippen molar-refractivity contribution in [3.8, 4) is 0 Å². The van der Waals surface area contributed by atoms with Crippen molar-refractivity contribution >= 4 is 17.3 Å². The molecule has 0 spiro atoms. The Balaban J connectivity index is 1.80. The van der Waals surface area contributed by atoms with Crippen LogP contribution in [0.15, 0.2) is 30.6 Å². The van der Waals surface area contributed by atoms with Crippen molar-refractivity contribution in [3.05, 3.63) is 47.0 Å². The van der Waals surface area contributed by atoms with Crippen molar-refractivity contribution in [2.45, 2.75) is 33.0 Å². The number of fused-ring (bicyclic) bond motifs is 1. The molecule has 5 heteroatoms. The zero-order chi connectivity index (χ0) is 14.8. The number of hydrogen-bond acceptors (Lipinski definition) is 3. The molecule has 1 aliphatic rings. The van der Waals surface area contributed by atoms with E-state index in [4.69, 9.17) is 11.6 Å². The van der Waals surface area contributed by atoms with Gasteiger partial charge in [0.2, 0.25) is 0 Å². The standard InChI is InChI=1S/C16H21ClN4/c1-3-18-12(2)13-4-5-15(14(17)10-13)21-9-8-20-7-6-19-16(20)11-21/h4-7,10,12,18H,3,8-9,11H2,1-2H3. The molecule has 112 valence electrons. The molecule has 1 atom stereocenters. The molecule has 0 radical (unpaired) electrons. The van der Waals surface area contributed by atoms with E-state index >= 15 is 0 Å². The maximum absolute atomic E-state index is 6.51. The fourth-order valence-corrected chi connectivity index (χ4v) is 3.16. The number of anilines is 1. The van der Waals surface area contributed by atoms with Crippen LogP contribution in [-0.2, 0) is 13.1 Å². The van der Waals surface area contributed by atoms with Gasteiger partial charge in [-0.3, -0.25) is 0 Å². The van der Waals surface area contributed by atoms with Gasteiger partial charge in [0.1, 0.15) is 5.82 Å². The fraction of sp³-hybridized carbons (Fsp3) is 0.438. The molecular formula is C16H21ClN4. The van der Waals surface area contributed by atoms with E-state index in [2.05, 4.69) is 51.8 Å². The molecule has 1 N–H and O–H groups in total. The predicted molar refractivity (Wildman–Crippen MR) is 86.8 cm³/mol. The first-order valence-corrected chi connectivity index (χ1v) is 7.84. The molecular weight excluding hydrogens is 284 g/mol. The Kier molecular flexibility index (Phi) is 4.17. The van der Waals surface area contributed by atoms with Gasteiger partial charge in [-0.2, -0.15) is 0 Å². The number of benzene rings is 1. The molecule has 0 fully saturated rings. The van der Waals surface area contributed by atoms with Crippen molar-refractivity contribution in [2.75, 3.05) is 18.0 Å². The van der Waals surface area contributed by atoms with Crippen LogP contribution in [0.5, 0.6) is 0 Å². The normalized spacial score (nSPS) is 15.9. The topological polar surface area (TPSA) is 33.1 Å². The summed E-state index contributed by atoms with van der Waals surface area (Å²) in [6.45, 7) is 7.96. The lowest BCUT2D eigenvalue weighted by atomic mass is 10.1. The first-order chi connectivity index (χ1) is 10.2. The number of imidazole rings is 1. The van der Waals surface area contributed by atoms with Crippen LogP contribution in [0.4, 0.5) is 5.69 Å². The molecule has 0 saturated heterocycles. The van der Waals surface area contributed by atoms with Gasteiger partial charge >= 0.3 is 0 Å². The third-order valence-corrected chi connectivity index (χ3v) is 4.37. The summed E-state index contributed by atoms with van der Waals surface area (Å²) in [7, 11) is 0. The van der Waals surface area contributed by atoms with Gasteiger partial charge < -0.3 is 14.8 Å². The number of rotatable bonds is 4. The van der Waals surface area contributed by atoms with Crippen molar-refractivity contribution in [1.82, 2.24) is 14.9 Å². The summed E-state index contributed by atoms with van der Waals surface area (Å²) >= 11 is 6.51. The molecule has 1 unspecified atom stereocenters. The maximum Gasteiger partial charge on any atom is 0.128 e. The first-order valence-electron chi connectivity index (χ1n) is 7.47. The highest BCUT2D eigenvalue weighted by Gasteiger charge is 2.19. The van der Waals surface area contributed by atoms with E-state index in [1.165, 1.54) is 5.56 Å². The summed E-state index contributed by atoms with van der Waals surface area (Å²) in [5, 5.41) is 4.23. The Labute approximate surface area is 130 Å². The fourth-order valence-electron chi connectivity index (χ4n) is 2.85. The smallest absolute Gasteiger partial charge is 0.128 e. The molecule has 0 amide bonds. The third-order valence-electron chi connectivity index (χ3n) is 4.07. The van der Waals surface area contributed by atoms with Crippen LogP contribution in [0.2, 0.25) is 5.02 Å². The predicted octanol–water partition coefficient (Wildman–Crippen LogP) is 3.23. The molecule has 0 bridgehead atoms. The average molecular weight is 305 g/mol. The largest absolute Gasteiger partial charge is 0.361 e. The Hall–Kier alpha value is -1.52. The Morgan fingerprint density at radius 2 is 2.24 bits per heavy atom. The monoisotopic (exact) mass is 304 g/mol. The van der Waals surface area contributed by atoms with Gasteiger partial charge in [0.25, 0.3) is 0 Å². The van der Waals surface area contributed by atoms with Crippen LogP contribution >= 0.6 is 11.6 Å². The lowest BCUT2D eigenvalue weighted by molar-refractivity contribution is 0.559. The van der Waals surface area contributed by atoms with Crippen LogP contribution in [0.25, 0.3) is 0 Å². The minimum absolute atomic E-state index is 0.321. The minimum atomic E-state index is 0.321. The van der Waals surface area contributed by atoms with Gasteiger partial charge in [0, 0.05) is 31.5 Å². The van der Waals surface area contributed by atoms with E-state index in [1.54, 1.807) is 0 Å². The first kappa shape index (κ1) is 14.4. The molecule has 3 rings (SSSR count). The molecule has 21 heavy (non-hydrogen) atoms. The summed E-state index contributed by atoms with van der Waals surface area (Å²) in [5.41, 5.74) is 2.32. The average Bonchev–Trinajstić information content (AvgIpc) is 2.94. The minimum Gasteiger partial charge on any atom is -0.361 e. The highest BCUT2D eigenvalue weighted by Crippen LogP contribution is 2.31. The van der Waals surface area contributed by atoms with Crippen molar-refractivity contribution in [1.29, 1.82) is 0 Å². The Morgan fingerprint density at radius 1 is 1.38 bits per heavy atom. The lowest BCUT2D eigenvalue weighted by Crippen LogP contribution is -2.33. The summed E-state index contributed by atoms with van der Waals surface area (Å²) in [6.07, 6.45) is 3.90. The zero-order valence-electron chi connectivity index (χ0n) is 12.5. The lowest BCUT2D eigenvalue weighted by Gasteiger charge is -2.30. The molecule has 1 aromatic carbocycles. The van der Waals surface area contributed by atoms with Gasteiger partial charge in [0.05, 0.1) is 17.3 Å². The van der Waals surface area contributed by atoms with Crippen LogP contribution < -0.4 is 10.2 Å². The Morgan fingerprint density at radius 3 is 3.00 bits per heavy atom. The van der Waals surface area contributed by atoms with Crippen molar-refractivity contribution in [2.24, 2.45) is 0 Å². The zero-order valence-corrected chi connectivity index (χ0v) is 13.3. The summed E-state index contributed by atoms with van der Waals surface area (Å²) < 4.78 is 2.20. The summed E-state index contributed by atoms with van der Waals surface area (Å²) in [5.74, 6) is 1.10.